The first-order chi connectivity index (χ1) is 14.7. The first-order valence-electron chi connectivity index (χ1n) is 11.3. The smallest absolute Gasteiger partial charge is 0.303 e. The largest absolute Gasteiger partial charge is 0.458 e. The Kier molecular flexibility index (Phi) is 5.67. The number of halogens is 3. The third kappa shape index (κ3) is 2.88. The lowest BCUT2D eigenvalue weighted by Crippen LogP contribution is -2.69. The Morgan fingerprint density at radius 3 is 2.56 bits per heavy atom. The fraction of sp³-hybridized carbons (Fsp3) is 0.792. The molecule has 0 saturated heterocycles. The van der Waals surface area contributed by atoms with Crippen LogP contribution in [0.4, 0.5) is 4.39 Å². The minimum absolute atomic E-state index is 0.0921. The highest BCUT2D eigenvalue weighted by molar-refractivity contribution is 6.33. The average molecular weight is 489 g/mol. The number of carbonyl (C=O) groups excluding carboxylic acids is 3. The zero-order valence-corrected chi connectivity index (χ0v) is 20.4. The number of alkyl halides is 3. The summed E-state index contributed by atoms with van der Waals surface area (Å²) in [5.74, 6) is -2.30. The number of hydrogen-bond donors (Lipinski definition) is 1. The molecule has 0 aromatic rings. The molecule has 3 fully saturated rings. The summed E-state index contributed by atoms with van der Waals surface area (Å²) < 4.78 is 20.5. The second-order valence-corrected chi connectivity index (χ2v) is 11.9. The van der Waals surface area contributed by atoms with Crippen LogP contribution in [-0.2, 0) is 19.1 Å². The van der Waals surface area contributed by atoms with E-state index < -0.39 is 57.1 Å². The zero-order chi connectivity index (χ0) is 23.9. The number of aliphatic hydroxyl groups is 1. The molecule has 0 bridgehead atoms. The van der Waals surface area contributed by atoms with Crippen LogP contribution < -0.4 is 0 Å². The molecule has 32 heavy (non-hydrogen) atoms. The van der Waals surface area contributed by atoms with Gasteiger partial charge in [-0.05, 0) is 55.1 Å². The summed E-state index contributed by atoms with van der Waals surface area (Å²) in [7, 11) is 0. The normalized spacial score (nSPS) is 50.1. The van der Waals surface area contributed by atoms with E-state index in [2.05, 4.69) is 0 Å². The van der Waals surface area contributed by atoms with Crippen molar-refractivity contribution in [2.75, 3.05) is 6.61 Å². The highest BCUT2D eigenvalue weighted by Gasteiger charge is 2.75. The monoisotopic (exact) mass is 488 g/mol. The van der Waals surface area contributed by atoms with Crippen LogP contribution >= 0.6 is 23.2 Å². The first-order valence-corrected chi connectivity index (χ1v) is 12.2. The van der Waals surface area contributed by atoms with Crippen molar-refractivity contribution in [3.63, 3.8) is 0 Å². The van der Waals surface area contributed by atoms with Crippen LogP contribution in [0.5, 0.6) is 0 Å². The van der Waals surface area contributed by atoms with E-state index in [4.69, 9.17) is 27.9 Å². The molecule has 9 atom stereocenters. The molecule has 3 saturated carbocycles. The third-order valence-electron chi connectivity index (χ3n) is 9.39. The van der Waals surface area contributed by atoms with Crippen molar-refractivity contribution >= 4 is 40.7 Å². The third-order valence-corrected chi connectivity index (χ3v) is 11.0. The summed E-state index contributed by atoms with van der Waals surface area (Å²) in [6.07, 6.45) is 1.66. The lowest BCUT2D eigenvalue weighted by atomic mass is 9.45. The molecular formula is C24H31Cl2FO5. The number of allylic oxidation sites excluding steroid dienone is 1. The van der Waals surface area contributed by atoms with Crippen LogP contribution in [0.25, 0.3) is 0 Å². The van der Waals surface area contributed by atoms with Crippen LogP contribution in [0.3, 0.4) is 0 Å². The second-order valence-electron chi connectivity index (χ2n) is 10.8. The molecule has 0 aromatic heterocycles. The van der Waals surface area contributed by atoms with Gasteiger partial charge in [-0.25, -0.2) is 4.39 Å². The fourth-order valence-electron chi connectivity index (χ4n) is 7.70. The number of esters is 1. The number of hydrogen-bond acceptors (Lipinski definition) is 5. The standard InChI is InChI=1S/C24H31Cl2FO5/c1-12-7-15-16-9-18(27)17-8-14(29)5-6-21(17,3)23(16,26)19(25)10-22(15,4)24(12,31)20(30)11-32-13(2)28/h8,12,15-16,18-19,31H,5-7,9-11H2,1-4H3/t12?,15-,16-,18?,19?,21-,22-,23-,24-/m0/s1. The second kappa shape index (κ2) is 7.51. The Morgan fingerprint density at radius 1 is 1.28 bits per heavy atom. The summed E-state index contributed by atoms with van der Waals surface area (Å²) in [4.78, 5) is 35.5. The molecule has 178 valence electrons. The minimum atomic E-state index is -1.76. The van der Waals surface area contributed by atoms with E-state index in [1.54, 1.807) is 6.92 Å². The molecule has 0 aromatic carbocycles. The van der Waals surface area contributed by atoms with Gasteiger partial charge in [0.25, 0.3) is 0 Å². The van der Waals surface area contributed by atoms with Crippen molar-refractivity contribution in [3.05, 3.63) is 11.6 Å². The predicted molar refractivity (Wildman–Crippen MR) is 118 cm³/mol. The quantitative estimate of drug-likeness (QED) is 0.476. The molecule has 5 nitrogen and oxygen atoms in total. The molecule has 3 unspecified atom stereocenters. The van der Waals surface area contributed by atoms with Gasteiger partial charge >= 0.3 is 5.97 Å². The zero-order valence-electron chi connectivity index (χ0n) is 18.9. The number of Topliss-reactive ketones (excluding diaryl/α,β-unsaturated/α-hetero) is 1. The van der Waals surface area contributed by atoms with Gasteiger partial charge in [0.05, 0.1) is 10.3 Å². The van der Waals surface area contributed by atoms with Crippen LogP contribution in [0.1, 0.15) is 59.8 Å². The number of carbonyl (C=O) groups is 3. The van der Waals surface area contributed by atoms with Crippen molar-refractivity contribution in [2.45, 2.75) is 81.8 Å². The summed E-state index contributed by atoms with van der Waals surface area (Å²) >= 11 is 14.4. The Balaban J connectivity index is 1.78. The van der Waals surface area contributed by atoms with Gasteiger partial charge in [-0.2, -0.15) is 0 Å². The summed E-state index contributed by atoms with van der Waals surface area (Å²) in [5.41, 5.74) is -3.06. The van der Waals surface area contributed by atoms with Gasteiger partial charge < -0.3 is 9.84 Å². The molecular weight excluding hydrogens is 458 g/mol. The number of fused-ring (bicyclic) bond motifs is 5. The summed E-state index contributed by atoms with van der Waals surface area (Å²) in [6, 6.07) is 0. The van der Waals surface area contributed by atoms with Gasteiger partial charge in [0.1, 0.15) is 11.8 Å². The number of ether oxygens (including phenoxy) is 1. The molecule has 4 aliphatic rings. The lowest BCUT2D eigenvalue weighted by molar-refractivity contribution is -0.173. The molecule has 0 heterocycles. The molecule has 4 aliphatic carbocycles. The van der Waals surface area contributed by atoms with E-state index >= 15 is 4.39 Å². The van der Waals surface area contributed by atoms with Gasteiger partial charge in [-0.3, -0.25) is 14.4 Å². The maximum absolute atomic E-state index is 15.5. The van der Waals surface area contributed by atoms with E-state index in [0.29, 0.717) is 24.8 Å². The molecule has 0 radical (unpaired) electrons. The van der Waals surface area contributed by atoms with Crippen molar-refractivity contribution < 1.29 is 28.6 Å². The average Bonchev–Trinajstić information content (AvgIpc) is 2.91. The van der Waals surface area contributed by atoms with Gasteiger partial charge in [0, 0.05) is 24.2 Å². The maximum atomic E-state index is 15.5. The topological polar surface area (TPSA) is 80.7 Å². The molecule has 0 spiro atoms. The number of rotatable bonds is 3. The van der Waals surface area contributed by atoms with Gasteiger partial charge in [0.2, 0.25) is 5.78 Å². The summed E-state index contributed by atoms with van der Waals surface area (Å²) in [6.45, 7) is 6.24. The van der Waals surface area contributed by atoms with E-state index in [-0.39, 0.29) is 30.5 Å². The Morgan fingerprint density at radius 2 is 1.94 bits per heavy atom. The highest BCUT2D eigenvalue weighted by atomic mass is 35.5. The van der Waals surface area contributed by atoms with Gasteiger partial charge in [0.15, 0.2) is 12.4 Å². The van der Waals surface area contributed by atoms with E-state index in [0.717, 1.165) is 0 Å². The first kappa shape index (κ1) is 24.2. The summed E-state index contributed by atoms with van der Waals surface area (Å²) in [5, 5.41) is 11.1. The molecule has 0 aliphatic heterocycles. The van der Waals surface area contributed by atoms with Crippen LogP contribution in [0, 0.1) is 28.6 Å². The van der Waals surface area contributed by atoms with E-state index in [9.17, 15) is 19.5 Å². The molecule has 0 amide bonds. The molecule has 1 N–H and O–H groups in total. The number of ketones is 2. The van der Waals surface area contributed by atoms with Crippen LogP contribution in [0.2, 0.25) is 0 Å². The van der Waals surface area contributed by atoms with Gasteiger partial charge in [-0.15, -0.1) is 23.2 Å². The van der Waals surface area contributed by atoms with Crippen LogP contribution in [-0.4, -0.2) is 51.3 Å². The van der Waals surface area contributed by atoms with Crippen molar-refractivity contribution in [2.24, 2.45) is 28.6 Å². The maximum Gasteiger partial charge on any atom is 0.303 e. The minimum Gasteiger partial charge on any atom is -0.458 e. The predicted octanol–water partition coefficient (Wildman–Crippen LogP) is 4.15. The van der Waals surface area contributed by atoms with Crippen molar-refractivity contribution in [1.82, 2.24) is 0 Å². The fourth-order valence-corrected chi connectivity index (χ4v) is 8.95. The Hall–Kier alpha value is -0.980. The van der Waals surface area contributed by atoms with E-state index in [1.165, 1.54) is 13.0 Å². The SMILES string of the molecule is CC(=O)OCC(=O)[C@@]1(O)C(C)C[C@H]2[C@@H]3CC(F)C4=CC(=O)CC[C@]4(C)[C@@]3(Cl)C(Cl)C[C@@]21C. The lowest BCUT2D eigenvalue weighted by Gasteiger charge is -2.65. The van der Waals surface area contributed by atoms with Crippen LogP contribution in [0.15, 0.2) is 11.6 Å². The Bertz CT molecular complexity index is 907. The van der Waals surface area contributed by atoms with Gasteiger partial charge in [-0.1, -0.05) is 20.8 Å². The van der Waals surface area contributed by atoms with Crippen molar-refractivity contribution in [1.29, 1.82) is 0 Å². The Labute approximate surface area is 198 Å². The molecule has 4 rings (SSSR count). The van der Waals surface area contributed by atoms with Crippen molar-refractivity contribution in [3.8, 4) is 0 Å². The highest BCUT2D eigenvalue weighted by Crippen LogP contribution is 2.73. The molecule has 8 heteroatoms. The van der Waals surface area contributed by atoms with E-state index in [1.807, 2.05) is 13.8 Å².